The normalized spacial score (nSPS) is 12.7. The van der Waals surface area contributed by atoms with E-state index in [9.17, 15) is 9.59 Å². The van der Waals surface area contributed by atoms with Gasteiger partial charge in [-0.15, -0.1) is 10.2 Å². The Kier molecular flexibility index (Phi) is 9.77. The Morgan fingerprint density at radius 3 is 2.50 bits per heavy atom. The zero-order valence-corrected chi connectivity index (χ0v) is 22.2. The Bertz CT molecular complexity index is 1100. The van der Waals surface area contributed by atoms with Gasteiger partial charge in [0.05, 0.1) is 0 Å². The predicted molar refractivity (Wildman–Crippen MR) is 142 cm³/mol. The van der Waals surface area contributed by atoms with Gasteiger partial charge < -0.3 is 5.32 Å². The van der Waals surface area contributed by atoms with E-state index in [0.717, 1.165) is 29.3 Å². The number of carbonyl (C=O) groups excluding carboxylic acids is 2. The molecule has 1 heterocycles. The van der Waals surface area contributed by atoms with E-state index in [4.69, 9.17) is 0 Å². The summed E-state index contributed by atoms with van der Waals surface area (Å²) in [7, 11) is 0. The van der Waals surface area contributed by atoms with Crippen molar-refractivity contribution in [1.82, 2.24) is 15.5 Å². The van der Waals surface area contributed by atoms with Crippen molar-refractivity contribution in [1.29, 1.82) is 0 Å². The molecule has 6 nitrogen and oxygen atoms in total. The first-order valence-corrected chi connectivity index (χ1v) is 13.3. The Morgan fingerprint density at radius 1 is 1.06 bits per heavy atom. The van der Waals surface area contributed by atoms with Crippen LogP contribution in [0.1, 0.15) is 62.4 Å². The van der Waals surface area contributed by atoms with Crippen molar-refractivity contribution in [3.05, 3.63) is 64.1 Å². The summed E-state index contributed by atoms with van der Waals surface area (Å²) in [6.45, 7) is 6.14. The molecule has 0 bridgehead atoms. The van der Waals surface area contributed by atoms with Gasteiger partial charge in [0.1, 0.15) is 11.0 Å². The maximum Gasteiger partial charge on any atom is 0.251 e. The van der Waals surface area contributed by atoms with Crippen molar-refractivity contribution in [2.45, 2.75) is 58.9 Å². The fourth-order valence-electron chi connectivity index (χ4n) is 3.52. The van der Waals surface area contributed by atoms with Gasteiger partial charge in [0.25, 0.3) is 5.91 Å². The Morgan fingerprint density at radius 2 is 1.82 bits per heavy atom. The number of benzene rings is 2. The van der Waals surface area contributed by atoms with E-state index in [1.54, 1.807) is 0 Å². The van der Waals surface area contributed by atoms with Crippen molar-refractivity contribution >= 4 is 44.2 Å². The molecule has 0 radical (unpaired) electrons. The lowest BCUT2D eigenvalue weighted by Gasteiger charge is -2.23. The highest BCUT2D eigenvalue weighted by Gasteiger charge is 2.27. The van der Waals surface area contributed by atoms with E-state index in [1.807, 2.05) is 62.4 Å². The molecule has 2 aromatic carbocycles. The van der Waals surface area contributed by atoms with Gasteiger partial charge in [-0.3, -0.25) is 14.9 Å². The molecule has 8 heteroatoms. The number of rotatable bonds is 11. The average molecular weight is 544 g/mol. The van der Waals surface area contributed by atoms with Gasteiger partial charge in [0.2, 0.25) is 11.0 Å². The molecular formula is C26H31BrN4O2S. The first-order chi connectivity index (χ1) is 16.4. The fourth-order valence-corrected chi connectivity index (χ4v) is 4.67. The summed E-state index contributed by atoms with van der Waals surface area (Å²) in [5.74, 6) is -0.599. The van der Waals surface area contributed by atoms with Crippen molar-refractivity contribution in [2.75, 3.05) is 5.32 Å². The van der Waals surface area contributed by atoms with Crippen LogP contribution in [0, 0.1) is 5.92 Å². The quantitative estimate of drug-likeness (QED) is 0.271. The molecule has 34 heavy (non-hydrogen) atoms. The topological polar surface area (TPSA) is 84.0 Å². The van der Waals surface area contributed by atoms with Crippen LogP contribution in [0.3, 0.4) is 0 Å². The Balaban J connectivity index is 1.66. The van der Waals surface area contributed by atoms with E-state index >= 15 is 0 Å². The summed E-state index contributed by atoms with van der Waals surface area (Å²) < 4.78 is 0.944. The minimum atomic E-state index is -0.681. The number of amides is 2. The summed E-state index contributed by atoms with van der Waals surface area (Å²) >= 11 is 4.75. The monoisotopic (exact) mass is 542 g/mol. The molecule has 0 aliphatic heterocycles. The van der Waals surface area contributed by atoms with Gasteiger partial charge in [-0.1, -0.05) is 91.6 Å². The second kappa shape index (κ2) is 12.8. The lowest BCUT2D eigenvalue weighted by molar-refractivity contribution is -0.119. The van der Waals surface area contributed by atoms with Crippen LogP contribution in [-0.2, 0) is 11.2 Å². The van der Waals surface area contributed by atoms with Crippen molar-refractivity contribution in [3.63, 3.8) is 0 Å². The molecule has 0 saturated carbocycles. The van der Waals surface area contributed by atoms with E-state index in [0.29, 0.717) is 15.7 Å². The largest absolute Gasteiger partial charge is 0.340 e. The highest BCUT2D eigenvalue weighted by molar-refractivity contribution is 9.10. The number of aryl methyl sites for hydroxylation is 1. The van der Waals surface area contributed by atoms with Gasteiger partial charge in [0.15, 0.2) is 0 Å². The van der Waals surface area contributed by atoms with Crippen LogP contribution in [0.15, 0.2) is 53.0 Å². The van der Waals surface area contributed by atoms with E-state index in [-0.39, 0.29) is 17.7 Å². The van der Waals surface area contributed by atoms with Crippen LogP contribution in [0.2, 0.25) is 0 Å². The van der Waals surface area contributed by atoms with Gasteiger partial charge in [0, 0.05) is 15.6 Å². The lowest BCUT2D eigenvalue weighted by atomic mass is 9.97. The molecule has 0 unspecified atom stereocenters. The zero-order chi connectivity index (χ0) is 24.5. The maximum atomic E-state index is 13.1. The second-order valence-electron chi connectivity index (χ2n) is 8.40. The number of halogens is 1. The molecule has 0 saturated heterocycles. The molecule has 2 atom stereocenters. The van der Waals surface area contributed by atoms with E-state index in [1.165, 1.54) is 29.7 Å². The molecule has 0 aliphatic carbocycles. The molecule has 2 amide bonds. The minimum Gasteiger partial charge on any atom is -0.340 e. The third-order valence-corrected chi connectivity index (χ3v) is 7.17. The fraction of sp³-hybridized carbons (Fsp3) is 0.385. The summed E-state index contributed by atoms with van der Waals surface area (Å²) in [5, 5.41) is 15.2. The first-order valence-electron chi connectivity index (χ1n) is 11.7. The molecule has 3 aromatic rings. The van der Waals surface area contributed by atoms with Crippen LogP contribution < -0.4 is 10.6 Å². The van der Waals surface area contributed by atoms with Crippen molar-refractivity contribution in [2.24, 2.45) is 5.92 Å². The van der Waals surface area contributed by atoms with Crippen molar-refractivity contribution < 1.29 is 9.59 Å². The van der Waals surface area contributed by atoms with Gasteiger partial charge in [-0.2, -0.15) is 0 Å². The number of unbranched alkanes of at least 4 members (excludes halogenated alkanes) is 2. The molecule has 0 spiro atoms. The van der Waals surface area contributed by atoms with Crippen molar-refractivity contribution in [3.8, 4) is 10.6 Å². The lowest BCUT2D eigenvalue weighted by Crippen LogP contribution is -2.47. The van der Waals surface area contributed by atoms with Gasteiger partial charge >= 0.3 is 0 Å². The molecule has 2 N–H and O–H groups in total. The van der Waals surface area contributed by atoms with Crippen LogP contribution in [0.5, 0.6) is 0 Å². The highest BCUT2D eigenvalue weighted by Crippen LogP contribution is 2.28. The number of aromatic nitrogens is 2. The smallest absolute Gasteiger partial charge is 0.251 e. The second-order valence-corrected chi connectivity index (χ2v) is 10.3. The van der Waals surface area contributed by atoms with Crippen LogP contribution in [-0.4, -0.2) is 28.1 Å². The number of anilines is 1. The molecular weight excluding hydrogens is 512 g/mol. The standard InChI is InChI=1S/C26H31BrN4O2S/c1-4-6-7-9-18-12-14-19(15-13-18)23(32)28-22(17(3)5-2)24(33)29-26-31-30-25(34-26)20-10-8-11-21(27)16-20/h8,10-17,22H,4-7,9H2,1-3H3,(H,28,32)(H,29,31,33)/t17-,22+/m1/s1. The Hall–Kier alpha value is -2.58. The van der Waals surface area contributed by atoms with Gasteiger partial charge in [-0.05, 0) is 48.6 Å². The SMILES string of the molecule is CCCCCc1ccc(C(=O)N[C@H](C(=O)Nc2nnc(-c3cccc(Br)c3)s2)[C@H](C)CC)cc1. The van der Waals surface area contributed by atoms with E-state index < -0.39 is 6.04 Å². The average Bonchev–Trinajstić information content (AvgIpc) is 3.31. The minimum absolute atomic E-state index is 0.0465. The molecule has 0 aliphatic rings. The number of nitrogens with zero attached hydrogens (tertiary/aromatic N) is 2. The van der Waals surface area contributed by atoms with Crippen LogP contribution >= 0.6 is 27.3 Å². The van der Waals surface area contributed by atoms with E-state index in [2.05, 4.69) is 43.7 Å². The number of carbonyl (C=O) groups is 2. The summed E-state index contributed by atoms with van der Waals surface area (Å²) in [5.41, 5.74) is 2.68. The Labute approximate surface area is 213 Å². The van der Waals surface area contributed by atoms with Crippen LogP contribution in [0.4, 0.5) is 5.13 Å². The molecule has 180 valence electrons. The highest BCUT2D eigenvalue weighted by atomic mass is 79.9. The van der Waals surface area contributed by atoms with Crippen LogP contribution in [0.25, 0.3) is 10.6 Å². The number of hydrogen-bond acceptors (Lipinski definition) is 5. The molecule has 1 aromatic heterocycles. The van der Waals surface area contributed by atoms with Gasteiger partial charge in [-0.25, -0.2) is 0 Å². The zero-order valence-electron chi connectivity index (χ0n) is 19.8. The number of hydrogen-bond donors (Lipinski definition) is 2. The summed E-state index contributed by atoms with van der Waals surface area (Å²) in [4.78, 5) is 26.0. The number of nitrogens with one attached hydrogen (secondary N) is 2. The third-order valence-electron chi connectivity index (χ3n) is 5.79. The first kappa shape index (κ1) is 26.0. The third kappa shape index (κ3) is 7.21. The molecule has 0 fully saturated rings. The molecule has 3 rings (SSSR count). The predicted octanol–water partition coefficient (Wildman–Crippen LogP) is 6.48. The summed E-state index contributed by atoms with van der Waals surface area (Å²) in [6.07, 6.45) is 5.29. The maximum absolute atomic E-state index is 13.1. The summed E-state index contributed by atoms with van der Waals surface area (Å²) in [6, 6.07) is 14.7.